The molecule has 1 fully saturated rings. The van der Waals surface area contributed by atoms with Crippen LogP contribution < -0.4 is 10.2 Å². The lowest BCUT2D eigenvalue weighted by molar-refractivity contribution is -0.130. The number of nitrogens with zero attached hydrogens (tertiary/aromatic N) is 4. The second kappa shape index (κ2) is 8.10. The van der Waals surface area contributed by atoms with Gasteiger partial charge >= 0.3 is 12.1 Å². The van der Waals surface area contributed by atoms with Gasteiger partial charge in [-0.3, -0.25) is 5.32 Å². The fourth-order valence-corrected chi connectivity index (χ4v) is 4.82. The lowest BCUT2D eigenvalue weighted by atomic mass is 10.2. The highest BCUT2D eigenvalue weighted by atomic mass is 32.1. The van der Waals surface area contributed by atoms with Gasteiger partial charge in [-0.25, -0.2) is 14.6 Å². The van der Waals surface area contributed by atoms with Crippen LogP contribution in [0.3, 0.4) is 0 Å². The predicted octanol–water partition coefficient (Wildman–Crippen LogP) is 5.23. The molecule has 1 aliphatic heterocycles. The second-order valence-electron chi connectivity index (χ2n) is 6.06. The molecule has 1 aromatic carbocycles. The third-order valence-corrected chi connectivity index (χ3v) is 6.25. The van der Waals surface area contributed by atoms with E-state index in [9.17, 15) is 9.59 Å². The summed E-state index contributed by atoms with van der Waals surface area (Å²) in [7, 11) is 0. The highest BCUT2D eigenvalue weighted by Crippen LogP contribution is 2.36. The molecule has 1 N–H and O–H groups in total. The number of carbonyl (C=O) groups excluding carboxylic acids is 2. The van der Waals surface area contributed by atoms with Crippen molar-refractivity contribution in [3.63, 3.8) is 0 Å². The molecule has 10 heteroatoms. The summed E-state index contributed by atoms with van der Waals surface area (Å²) in [6.07, 6.45) is 0.816. The Hall–Kier alpha value is -3.11. The number of thiophene rings is 1. The number of alkyl carbamates (subject to hydrolysis) is 1. The third kappa shape index (κ3) is 4.17. The summed E-state index contributed by atoms with van der Waals surface area (Å²) < 4.78 is 5.37. The van der Waals surface area contributed by atoms with E-state index in [1.807, 2.05) is 30.3 Å². The maximum atomic E-state index is 11.5. The average Bonchev–Trinajstić information content (AvgIpc) is 3.35. The van der Waals surface area contributed by atoms with E-state index in [-0.39, 0.29) is 5.70 Å². The van der Waals surface area contributed by atoms with Crippen molar-refractivity contribution in [3.05, 3.63) is 40.9 Å². The highest BCUT2D eigenvalue weighted by molar-refractivity contribution is 7.29. The zero-order valence-corrected chi connectivity index (χ0v) is 17.3. The Morgan fingerprint density at radius 1 is 1.14 bits per heavy atom. The Bertz CT molecular complexity index is 1100. The van der Waals surface area contributed by atoms with Gasteiger partial charge in [0.25, 0.3) is 0 Å². The number of amides is 1. The molecule has 0 spiro atoms. The molecular weight excluding hydrogens is 410 g/mol. The van der Waals surface area contributed by atoms with E-state index < -0.39 is 12.1 Å². The number of ether oxygens (including phenoxy) is 1. The van der Waals surface area contributed by atoms with Gasteiger partial charge in [0.15, 0.2) is 0 Å². The minimum absolute atomic E-state index is 0.122. The third-order valence-electron chi connectivity index (χ3n) is 4.26. The summed E-state index contributed by atoms with van der Waals surface area (Å²) in [5.41, 5.74) is 2.05. The molecule has 4 rings (SSSR count). The summed E-state index contributed by atoms with van der Waals surface area (Å²) >= 11 is 2.81. The van der Waals surface area contributed by atoms with Gasteiger partial charge in [-0.15, -0.1) is 21.6 Å². The van der Waals surface area contributed by atoms with Crippen LogP contribution in [0.5, 0.6) is 0 Å². The van der Waals surface area contributed by atoms with Gasteiger partial charge in [0.2, 0.25) is 5.13 Å². The normalized spacial score (nSPS) is 15.4. The molecule has 148 valence electrons. The van der Waals surface area contributed by atoms with Crippen LogP contribution in [0.1, 0.15) is 18.7 Å². The van der Waals surface area contributed by atoms with Crippen molar-refractivity contribution in [1.29, 1.82) is 0 Å². The Labute approximate surface area is 174 Å². The number of cyclic esters (lactones) is 2. The molecule has 1 saturated heterocycles. The van der Waals surface area contributed by atoms with Gasteiger partial charge in [0, 0.05) is 23.7 Å². The summed E-state index contributed by atoms with van der Waals surface area (Å²) in [6.45, 7) is 6.17. The molecule has 2 aromatic heterocycles. The van der Waals surface area contributed by atoms with E-state index in [0.29, 0.717) is 5.13 Å². The van der Waals surface area contributed by atoms with Crippen molar-refractivity contribution in [2.24, 2.45) is 10.2 Å². The van der Waals surface area contributed by atoms with Crippen LogP contribution in [0.4, 0.5) is 21.3 Å². The second-order valence-corrected chi connectivity index (χ2v) is 8.13. The Morgan fingerprint density at radius 3 is 2.52 bits per heavy atom. The highest BCUT2D eigenvalue weighted by Gasteiger charge is 2.26. The van der Waals surface area contributed by atoms with Crippen LogP contribution in [-0.2, 0) is 9.53 Å². The van der Waals surface area contributed by atoms with Crippen molar-refractivity contribution in [2.45, 2.75) is 13.8 Å². The number of carbonyl (C=O) groups is 2. The van der Waals surface area contributed by atoms with Crippen molar-refractivity contribution < 1.29 is 14.3 Å². The van der Waals surface area contributed by atoms with Crippen LogP contribution >= 0.6 is 22.7 Å². The van der Waals surface area contributed by atoms with Gasteiger partial charge in [-0.2, -0.15) is 0 Å². The molecule has 3 aromatic rings. The Kier molecular flexibility index (Phi) is 5.36. The number of azo groups is 1. The molecule has 1 aliphatic rings. The minimum Gasteiger partial charge on any atom is -0.372 e. The standard InChI is InChI=1S/C19H17N5O3S2/c1-3-24(4-2)12-7-5-11(6-8-12)22-23-18-21-16-15(29-18)10-13(28-16)9-14-17(25)27-19(26)20-14/h5-10H,3-4H2,1-2H3,(H,20,26)/b14-9+,23-22+. The number of hydrogen-bond donors (Lipinski definition) is 1. The number of rotatable bonds is 6. The lowest BCUT2D eigenvalue weighted by Gasteiger charge is -2.20. The van der Waals surface area contributed by atoms with Crippen molar-refractivity contribution in [1.82, 2.24) is 10.3 Å². The number of anilines is 1. The first kappa shape index (κ1) is 19.2. The number of aromatic nitrogens is 1. The Morgan fingerprint density at radius 2 is 1.90 bits per heavy atom. The van der Waals surface area contributed by atoms with Gasteiger partial charge in [0.1, 0.15) is 10.5 Å². The first-order chi connectivity index (χ1) is 14.1. The minimum atomic E-state index is -0.759. The van der Waals surface area contributed by atoms with Gasteiger partial charge in [-0.05, 0) is 50.3 Å². The van der Waals surface area contributed by atoms with Crippen LogP contribution in [-0.4, -0.2) is 30.1 Å². The zero-order valence-electron chi connectivity index (χ0n) is 15.7. The molecule has 8 nitrogen and oxygen atoms in total. The SMILES string of the molecule is CCN(CC)c1ccc(/N=N/c2nc3sc(/C=C4/NC(=O)OC4=O)cc3s2)cc1. The van der Waals surface area contributed by atoms with Gasteiger partial charge in [0.05, 0.1) is 10.4 Å². The van der Waals surface area contributed by atoms with Crippen LogP contribution in [0.2, 0.25) is 0 Å². The smallest absolute Gasteiger partial charge is 0.372 e. The molecule has 3 heterocycles. The zero-order chi connectivity index (χ0) is 20.4. The van der Waals surface area contributed by atoms with Crippen LogP contribution in [0, 0.1) is 0 Å². The molecule has 0 bridgehead atoms. The van der Waals surface area contributed by atoms with Gasteiger partial charge < -0.3 is 9.64 Å². The summed E-state index contributed by atoms with van der Waals surface area (Å²) in [5.74, 6) is -0.679. The number of thiazole rings is 1. The fraction of sp³-hybridized carbons (Fsp3) is 0.211. The van der Waals surface area contributed by atoms with Crippen molar-refractivity contribution in [3.8, 4) is 0 Å². The lowest BCUT2D eigenvalue weighted by Crippen LogP contribution is -2.21. The fourth-order valence-electron chi connectivity index (χ4n) is 2.84. The number of benzene rings is 1. The van der Waals surface area contributed by atoms with E-state index in [0.717, 1.165) is 38.9 Å². The van der Waals surface area contributed by atoms with E-state index in [4.69, 9.17) is 0 Å². The predicted molar refractivity (Wildman–Crippen MR) is 114 cm³/mol. The molecular formula is C19H17N5O3S2. The van der Waals surface area contributed by atoms with Crippen LogP contribution in [0.25, 0.3) is 15.6 Å². The van der Waals surface area contributed by atoms with E-state index in [1.54, 1.807) is 6.08 Å². The van der Waals surface area contributed by atoms with Crippen molar-refractivity contribution in [2.75, 3.05) is 18.0 Å². The Balaban J connectivity index is 1.48. The summed E-state index contributed by atoms with van der Waals surface area (Å²) in [5, 5.41) is 11.4. The van der Waals surface area contributed by atoms with Crippen molar-refractivity contribution >= 4 is 66.8 Å². The van der Waals surface area contributed by atoms with E-state index >= 15 is 0 Å². The van der Waals surface area contributed by atoms with Gasteiger partial charge in [-0.1, -0.05) is 11.3 Å². The molecule has 1 amide bonds. The average molecular weight is 428 g/mol. The first-order valence-corrected chi connectivity index (χ1v) is 10.6. The molecule has 0 unspecified atom stereocenters. The topological polar surface area (TPSA) is 96.2 Å². The number of hydrogen-bond acceptors (Lipinski definition) is 9. The quantitative estimate of drug-likeness (QED) is 0.252. The summed E-state index contributed by atoms with van der Waals surface area (Å²) in [6, 6.07) is 9.84. The van der Waals surface area contributed by atoms with E-state index in [1.165, 1.54) is 22.7 Å². The summed E-state index contributed by atoms with van der Waals surface area (Å²) in [4.78, 5) is 30.9. The molecule has 0 radical (unpaired) electrons. The monoisotopic (exact) mass is 427 g/mol. The number of esters is 1. The molecule has 29 heavy (non-hydrogen) atoms. The van der Waals surface area contributed by atoms with Crippen LogP contribution in [0.15, 0.2) is 46.3 Å². The maximum Gasteiger partial charge on any atom is 0.419 e. The first-order valence-electron chi connectivity index (χ1n) is 8.97. The molecule has 0 atom stereocenters. The molecule has 0 saturated carbocycles. The van der Waals surface area contributed by atoms with E-state index in [2.05, 4.69) is 44.0 Å². The number of fused-ring (bicyclic) bond motifs is 1. The number of nitrogens with one attached hydrogen (secondary N) is 1. The largest absolute Gasteiger partial charge is 0.419 e. The molecule has 0 aliphatic carbocycles. The maximum absolute atomic E-state index is 11.5.